The molecular formula is C18H18Cl2N2O2. The van der Waals surface area contributed by atoms with Crippen LogP contribution in [0.25, 0.3) is 0 Å². The molecule has 0 aromatic heterocycles. The molecule has 0 saturated carbocycles. The Hall–Kier alpha value is -2.04. The molecule has 2 rings (SSSR count). The van der Waals surface area contributed by atoms with Crippen LogP contribution in [0.4, 0.5) is 11.4 Å². The number of benzene rings is 2. The lowest BCUT2D eigenvalue weighted by atomic mass is 10.2. The highest BCUT2D eigenvalue weighted by Gasteiger charge is 2.17. The first kappa shape index (κ1) is 18.3. The molecular weight excluding hydrogens is 347 g/mol. The van der Waals surface area contributed by atoms with Gasteiger partial charge in [-0.25, -0.2) is 0 Å². The van der Waals surface area contributed by atoms with E-state index >= 15 is 0 Å². The van der Waals surface area contributed by atoms with Crippen LogP contribution in [0.5, 0.6) is 0 Å². The lowest BCUT2D eigenvalue weighted by Gasteiger charge is -2.22. The number of anilines is 2. The summed E-state index contributed by atoms with van der Waals surface area (Å²) < 4.78 is 0. The molecule has 24 heavy (non-hydrogen) atoms. The number of rotatable bonds is 5. The Morgan fingerprint density at radius 2 is 1.83 bits per heavy atom. The molecule has 2 aromatic rings. The third-order valence-electron chi connectivity index (χ3n) is 3.56. The van der Waals surface area contributed by atoms with Crippen LogP contribution in [0, 0.1) is 6.92 Å². The molecule has 0 saturated heterocycles. The minimum absolute atomic E-state index is 0.150. The highest BCUT2D eigenvalue weighted by Crippen LogP contribution is 2.29. The zero-order valence-electron chi connectivity index (χ0n) is 13.5. The number of carbonyl (C=O) groups is 2. The van der Waals surface area contributed by atoms with Crippen molar-refractivity contribution in [2.45, 2.75) is 20.3 Å². The number of nitrogens with one attached hydrogen (secondary N) is 1. The van der Waals surface area contributed by atoms with Crippen molar-refractivity contribution in [3.8, 4) is 0 Å². The van der Waals surface area contributed by atoms with Gasteiger partial charge in [0.15, 0.2) is 0 Å². The van der Waals surface area contributed by atoms with Gasteiger partial charge in [-0.15, -0.1) is 0 Å². The van der Waals surface area contributed by atoms with Gasteiger partial charge in [-0.05, 0) is 36.8 Å². The van der Waals surface area contributed by atoms with Crippen molar-refractivity contribution < 1.29 is 9.59 Å². The molecule has 1 N–H and O–H groups in total. The zero-order valence-corrected chi connectivity index (χ0v) is 15.0. The Morgan fingerprint density at radius 1 is 1.12 bits per heavy atom. The molecule has 0 atom stereocenters. The monoisotopic (exact) mass is 364 g/mol. The van der Waals surface area contributed by atoms with Gasteiger partial charge in [0.25, 0.3) is 0 Å². The van der Waals surface area contributed by atoms with Crippen LogP contribution in [0.15, 0.2) is 42.5 Å². The summed E-state index contributed by atoms with van der Waals surface area (Å²) in [7, 11) is 0. The van der Waals surface area contributed by atoms with Gasteiger partial charge >= 0.3 is 0 Å². The first-order valence-electron chi connectivity index (χ1n) is 7.47. The van der Waals surface area contributed by atoms with E-state index < -0.39 is 0 Å². The Labute approximate surface area is 151 Å². The molecule has 0 aliphatic heterocycles. The van der Waals surface area contributed by atoms with Crippen LogP contribution in [-0.4, -0.2) is 18.4 Å². The molecule has 0 spiro atoms. The normalized spacial score (nSPS) is 10.3. The molecule has 0 bridgehead atoms. The van der Waals surface area contributed by atoms with Crippen LogP contribution in [0.1, 0.15) is 18.9 Å². The fourth-order valence-corrected chi connectivity index (χ4v) is 2.67. The summed E-state index contributed by atoms with van der Waals surface area (Å²) in [5, 5.41) is 3.73. The van der Waals surface area contributed by atoms with Crippen molar-refractivity contribution >= 4 is 46.4 Å². The number of nitrogens with zero attached hydrogens (tertiary/aromatic N) is 1. The predicted molar refractivity (Wildman–Crippen MR) is 98.9 cm³/mol. The molecule has 0 radical (unpaired) electrons. The van der Waals surface area contributed by atoms with Gasteiger partial charge in [-0.3, -0.25) is 9.59 Å². The highest BCUT2D eigenvalue weighted by atomic mass is 35.5. The maximum absolute atomic E-state index is 12.2. The van der Waals surface area contributed by atoms with E-state index in [9.17, 15) is 9.59 Å². The van der Waals surface area contributed by atoms with Gasteiger partial charge in [0.1, 0.15) is 0 Å². The standard InChI is InChI=1S/C18H18Cl2N2O2/c1-12-5-3-4-6-16(12)21-18(24)9-10-22(13(2)23)17-11-14(19)7-8-15(17)20/h3-8,11H,9-10H2,1-2H3,(H,21,24). The Bertz CT molecular complexity index is 762. The number of hydrogen-bond acceptors (Lipinski definition) is 2. The second-order valence-electron chi connectivity index (χ2n) is 5.38. The molecule has 0 heterocycles. The van der Waals surface area contributed by atoms with Crippen molar-refractivity contribution in [3.63, 3.8) is 0 Å². The third kappa shape index (κ3) is 4.73. The second-order valence-corrected chi connectivity index (χ2v) is 6.22. The first-order chi connectivity index (χ1) is 11.4. The van der Waals surface area contributed by atoms with E-state index in [4.69, 9.17) is 23.2 Å². The summed E-state index contributed by atoms with van der Waals surface area (Å²) in [6.45, 7) is 3.56. The van der Waals surface area contributed by atoms with Gasteiger partial charge in [0.2, 0.25) is 11.8 Å². The molecule has 0 aliphatic rings. The molecule has 126 valence electrons. The third-order valence-corrected chi connectivity index (χ3v) is 4.12. The van der Waals surface area contributed by atoms with Gasteiger partial charge in [-0.1, -0.05) is 41.4 Å². The van der Waals surface area contributed by atoms with Crippen molar-refractivity contribution in [1.29, 1.82) is 0 Å². The van der Waals surface area contributed by atoms with Gasteiger partial charge < -0.3 is 10.2 Å². The van der Waals surface area contributed by atoms with Gasteiger partial charge in [0.05, 0.1) is 10.7 Å². The largest absolute Gasteiger partial charge is 0.326 e. The number of carbonyl (C=O) groups excluding carboxylic acids is 2. The van der Waals surface area contributed by atoms with Crippen molar-refractivity contribution in [3.05, 3.63) is 58.1 Å². The summed E-state index contributed by atoms with van der Waals surface area (Å²) in [6.07, 6.45) is 0.150. The number of aryl methyl sites for hydroxylation is 1. The first-order valence-corrected chi connectivity index (χ1v) is 8.22. The Balaban J connectivity index is 2.07. The molecule has 2 amide bonds. The van der Waals surface area contributed by atoms with E-state index in [0.29, 0.717) is 15.7 Å². The zero-order chi connectivity index (χ0) is 17.7. The van der Waals surface area contributed by atoms with Crippen LogP contribution in [0.2, 0.25) is 10.0 Å². The smallest absolute Gasteiger partial charge is 0.226 e. The van der Waals surface area contributed by atoms with Crippen LogP contribution in [0.3, 0.4) is 0 Å². The molecule has 2 aromatic carbocycles. The van der Waals surface area contributed by atoms with E-state index in [1.165, 1.54) is 11.8 Å². The van der Waals surface area contributed by atoms with Crippen molar-refractivity contribution in [1.82, 2.24) is 0 Å². The molecule has 6 heteroatoms. The Kier molecular flexibility index (Phi) is 6.23. The quantitative estimate of drug-likeness (QED) is 0.836. The van der Waals surface area contributed by atoms with E-state index in [-0.39, 0.29) is 24.8 Å². The number of hydrogen-bond donors (Lipinski definition) is 1. The summed E-state index contributed by atoms with van der Waals surface area (Å²) in [4.78, 5) is 25.5. The van der Waals surface area contributed by atoms with E-state index in [0.717, 1.165) is 11.3 Å². The van der Waals surface area contributed by atoms with E-state index in [1.807, 2.05) is 31.2 Å². The van der Waals surface area contributed by atoms with Gasteiger partial charge in [-0.2, -0.15) is 0 Å². The van der Waals surface area contributed by atoms with Crippen LogP contribution in [-0.2, 0) is 9.59 Å². The highest BCUT2D eigenvalue weighted by molar-refractivity contribution is 6.35. The SMILES string of the molecule is CC(=O)N(CCC(=O)Nc1ccccc1C)c1cc(Cl)ccc1Cl. The average molecular weight is 365 g/mol. The lowest BCUT2D eigenvalue weighted by Crippen LogP contribution is -2.32. The summed E-state index contributed by atoms with van der Waals surface area (Å²) in [5.74, 6) is -0.378. The maximum Gasteiger partial charge on any atom is 0.226 e. The molecule has 0 unspecified atom stereocenters. The van der Waals surface area contributed by atoms with Crippen LogP contribution >= 0.6 is 23.2 Å². The second kappa shape index (κ2) is 8.18. The predicted octanol–water partition coefficient (Wildman–Crippen LogP) is 4.68. The van der Waals surface area contributed by atoms with E-state index in [2.05, 4.69) is 5.32 Å². The van der Waals surface area contributed by atoms with E-state index in [1.54, 1.807) is 18.2 Å². The fourth-order valence-electron chi connectivity index (χ4n) is 2.28. The molecule has 0 aliphatic carbocycles. The summed E-state index contributed by atoms with van der Waals surface area (Å²) in [6, 6.07) is 12.4. The fraction of sp³-hybridized carbons (Fsp3) is 0.222. The summed E-state index contributed by atoms with van der Waals surface area (Å²) >= 11 is 12.1. The molecule has 0 fully saturated rings. The van der Waals surface area contributed by atoms with Gasteiger partial charge in [0, 0.05) is 30.6 Å². The Morgan fingerprint density at radius 3 is 2.50 bits per heavy atom. The van der Waals surface area contributed by atoms with Crippen LogP contribution < -0.4 is 10.2 Å². The van der Waals surface area contributed by atoms with Crippen molar-refractivity contribution in [2.24, 2.45) is 0 Å². The number of amides is 2. The number of halogens is 2. The lowest BCUT2D eigenvalue weighted by molar-refractivity contribution is -0.117. The maximum atomic E-state index is 12.2. The minimum Gasteiger partial charge on any atom is -0.326 e. The van der Waals surface area contributed by atoms with Crippen molar-refractivity contribution in [2.75, 3.05) is 16.8 Å². The topological polar surface area (TPSA) is 49.4 Å². The minimum atomic E-state index is -0.206. The number of para-hydroxylation sites is 1. The molecule has 4 nitrogen and oxygen atoms in total. The average Bonchev–Trinajstić information content (AvgIpc) is 2.52. The summed E-state index contributed by atoms with van der Waals surface area (Å²) in [5.41, 5.74) is 2.24.